The molecule has 0 spiro atoms. The van der Waals surface area contributed by atoms with Crippen LogP contribution in [-0.4, -0.2) is 4.98 Å². The number of benzene rings is 1. The molecular formula is C11H10ClNO. The molecule has 0 bridgehead atoms. The van der Waals surface area contributed by atoms with Gasteiger partial charge in [-0.15, -0.1) is 0 Å². The predicted molar refractivity (Wildman–Crippen MR) is 59.0 cm³/mol. The number of aromatic amines is 1. The Kier molecular flexibility index (Phi) is 2.30. The summed E-state index contributed by atoms with van der Waals surface area (Å²) in [5.41, 5.74) is 0.991. The monoisotopic (exact) mass is 207 g/mol. The molecule has 0 aliphatic carbocycles. The van der Waals surface area contributed by atoms with Crippen molar-refractivity contribution < 1.29 is 0 Å². The van der Waals surface area contributed by atoms with E-state index < -0.39 is 0 Å². The van der Waals surface area contributed by atoms with Gasteiger partial charge in [0.25, 0.3) is 5.56 Å². The van der Waals surface area contributed by atoms with E-state index in [-0.39, 0.29) is 5.56 Å². The zero-order chi connectivity index (χ0) is 10.1. The van der Waals surface area contributed by atoms with Gasteiger partial charge in [0.05, 0.1) is 10.4 Å². The van der Waals surface area contributed by atoms with E-state index >= 15 is 0 Å². The van der Waals surface area contributed by atoms with Crippen molar-refractivity contribution in [3.8, 4) is 0 Å². The molecule has 0 radical (unpaired) electrons. The summed E-state index contributed by atoms with van der Waals surface area (Å²) in [7, 11) is 0. The van der Waals surface area contributed by atoms with Crippen molar-refractivity contribution in [2.24, 2.45) is 0 Å². The Labute approximate surface area is 86.5 Å². The van der Waals surface area contributed by atoms with Crippen molar-refractivity contribution in [1.29, 1.82) is 0 Å². The second-order valence-electron chi connectivity index (χ2n) is 3.16. The van der Waals surface area contributed by atoms with E-state index in [0.717, 1.165) is 17.4 Å². The molecular weight excluding hydrogens is 198 g/mol. The van der Waals surface area contributed by atoms with Gasteiger partial charge in [-0.2, -0.15) is 0 Å². The van der Waals surface area contributed by atoms with E-state index in [1.165, 1.54) is 0 Å². The fraction of sp³-hybridized carbons (Fsp3) is 0.182. The molecule has 1 heterocycles. The summed E-state index contributed by atoms with van der Waals surface area (Å²) in [6.45, 7) is 2.05. The zero-order valence-corrected chi connectivity index (χ0v) is 8.56. The van der Waals surface area contributed by atoms with E-state index in [1.54, 1.807) is 12.3 Å². The van der Waals surface area contributed by atoms with Gasteiger partial charge in [0, 0.05) is 6.20 Å². The summed E-state index contributed by atoms with van der Waals surface area (Å²) in [6, 6.07) is 5.52. The second-order valence-corrected chi connectivity index (χ2v) is 3.57. The van der Waals surface area contributed by atoms with Crippen LogP contribution in [0.5, 0.6) is 0 Å². The van der Waals surface area contributed by atoms with Crippen LogP contribution >= 0.6 is 11.6 Å². The maximum atomic E-state index is 11.5. The topological polar surface area (TPSA) is 32.9 Å². The lowest BCUT2D eigenvalue weighted by Gasteiger charge is -2.03. The molecule has 2 aromatic rings. The number of rotatable bonds is 1. The van der Waals surface area contributed by atoms with Crippen LogP contribution in [0.3, 0.4) is 0 Å². The normalized spacial score (nSPS) is 10.7. The van der Waals surface area contributed by atoms with Crippen molar-refractivity contribution >= 4 is 22.4 Å². The molecule has 0 unspecified atom stereocenters. The molecule has 0 fully saturated rings. The minimum atomic E-state index is -0.122. The van der Waals surface area contributed by atoms with Gasteiger partial charge in [0.2, 0.25) is 0 Å². The standard InChI is InChI=1S/C11H10ClNO/c1-2-7-6-13-11(14)10-8(7)4-3-5-9(10)12/h3-6H,2H2,1H3,(H,13,14). The van der Waals surface area contributed by atoms with Crippen molar-refractivity contribution in [2.75, 3.05) is 0 Å². The molecule has 0 saturated carbocycles. The summed E-state index contributed by atoms with van der Waals surface area (Å²) < 4.78 is 0. The largest absolute Gasteiger partial charge is 0.328 e. The number of fused-ring (bicyclic) bond motifs is 1. The molecule has 1 aromatic heterocycles. The molecule has 72 valence electrons. The molecule has 1 aromatic carbocycles. The Hall–Kier alpha value is -1.28. The average Bonchev–Trinajstić information content (AvgIpc) is 2.18. The number of hydrogen-bond donors (Lipinski definition) is 1. The fourth-order valence-corrected chi connectivity index (χ4v) is 1.88. The predicted octanol–water partition coefficient (Wildman–Crippen LogP) is 2.74. The highest BCUT2D eigenvalue weighted by Crippen LogP contribution is 2.22. The maximum absolute atomic E-state index is 11.5. The first-order valence-corrected chi connectivity index (χ1v) is 4.90. The average molecular weight is 208 g/mol. The summed E-state index contributed by atoms with van der Waals surface area (Å²) in [5, 5.41) is 2.05. The number of hydrogen-bond acceptors (Lipinski definition) is 1. The number of H-pyrrole nitrogens is 1. The number of nitrogens with one attached hydrogen (secondary N) is 1. The van der Waals surface area contributed by atoms with Crippen LogP contribution in [0.15, 0.2) is 29.2 Å². The molecule has 0 amide bonds. The Balaban J connectivity index is 2.99. The number of aryl methyl sites for hydroxylation is 1. The lowest BCUT2D eigenvalue weighted by atomic mass is 10.1. The van der Waals surface area contributed by atoms with Gasteiger partial charge >= 0.3 is 0 Å². The first-order valence-electron chi connectivity index (χ1n) is 4.53. The molecule has 0 aliphatic heterocycles. The van der Waals surface area contributed by atoms with E-state index in [9.17, 15) is 4.79 Å². The van der Waals surface area contributed by atoms with Crippen LogP contribution in [0.4, 0.5) is 0 Å². The first kappa shape index (κ1) is 9.28. The van der Waals surface area contributed by atoms with Gasteiger partial charge in [-0.3, -0.25) is 4.79 Å². The molecule has 0 saturated heterocycles. The molecule has 14 heavy (non-hydrogen) atoms. The molecule has 0 aliphatic rings. The van der Waals surface area contributed by atoms with Crippen LogP contribution < -0.4 is 5.56 Å². The SMILES string of the molecule is CCc1c[nH]c(=O)c2c(Cl)cccc12. The second kappa shape index (κ2) is 3.46. The van der Waals surface area contributed by atoms with Crippen molar-refractivity contribution in [1.82, 2.24) is 4.98 Å². The van der Waals surface area contributed by atoms with Gasteiger partial charge in [0.15, 0.2) is 0 Å². The first-order chi connectivity index (χ1) is 6.74. The smallest absolute Gasteiger partial charge is 0.257 e. The third-order valence-corrected chi connectivity index (χ3v) is 2.66. The molecule has 0 atom stereocenters. The van der Waals surface area contributed by atoms with Crippen LogP contribution in [-0.2, 0) is 6.42 Å². The van der Waals surface area contributed by atoms with Crippen molar-refractivity contribution in [3.63, 3.8) is 0 Å². The van der Waals surface area contributed by atoms with Crippen LogP contribution in [0.25, 0.3) is 10.8 Å². The lowest BCUT2D eigenvalue weighted by molar-refractivity contribution is 1.11. The lowest BCUT2D eigenvalue weighted by Crippen LogP contribution is -2.07. The minimum Gasteiger partial charge on any atom is -0.328 e. The summed E-state index contributed by atoms with van der Waals surface area (Å²) >= 11 is 5.97. The van der Waals surface area contributed by atoms with Crippen LogP contribution in [0.2, 0.25) is 5.02 Å². The summed E-state index contributed by atoms with van der Waals surface area (Å²) in [5.74, 6) is 0. The van der Waals surface area contributed by atoms with E-state index in [1.807, 2.05) is 19.1 Å². The van der Waals surface area contributed by atoms with E-state index in [0.29, 0.717) is 10.4 Å². The molecule has 2 nitrogen and oxygen atoms in total. The van der Waals surface area contributed by atoms with E-state index in [2.05, 4.69) is 4.98 Å². The quantitative estimate of drug-likeness (QED) is 0.767. The fourth-order valence-electron chi connectivity index (χ4n) is 1.62. The minimum absolute atomic E-state index is 0.122. The highest BCUT2D eigenvalue weighted by Gasteiger charge is 2.05. The van der Waals surface area contributed by atoms with Crippen LogP contribution in [0.1, 0.15) is 12.5 Å². The molecule has 3 heteroatoms. The zero-order valence-electron chi connectivity index (χ0n) is 7.80. The maximum Gasteiger partial charge on any atom is 0.257 e. The Morgan fingerprint density at radius 1 is 1.43 bits per heavy atom. The summed E-state index contributed by atoms with van der Waals surface area (Å²) in [6.07, 6.45) is 2.63. The van der Waals surface area contributed by atoms with Gasteiger partial charge in [-0.25, -0.2) is 0 Å². The van der Waals surface area contributed by atoms with E-state index in [4.69, 9.17) is 11.6 Å². The summed E-state index contributed by atoms with van der Waals surface area (Å²) in [4.78, 5) is 14.2. The highest BCUT2D eigenvalue weighted by molar-refractivity contribution is 6.35. The number of pyridine rings is 1. The van der Waals surface area contributed by atoms with Gasteiger partial charge in [-0.1, -0.05) is 30.7 Å². The molecule has 1 N–H and O–H groups in total. The number of halogens is 1. The molecule has 2 rings (SSSR count). The van der Waals surface area contributed by atoms with Gasteiger partial charge < -0.3 is 4.98 Å². The van der Waals surface area contributed by atoms with Crippen LogP contribution in [0, 0.1) is 0 Å². The Bertz CT molecular complexity index is 530. The highest BCUT2D eigenvalue weighted by atomic mass is 35.5. The van der Waals surface area contributed by atoms with Crippen molar-refractivity contribution in [3.05, 3.63) is 45.3 Å². The Morgan fingerprint density at radius 3 is 2.93 bits per heavy atom. The Morgan fingerprint density at radius 2 is 2.21 bits per heavy atom. The van der Waals surface area contributed by atoms with Gasteiger partial charge in [0.1, 0.15) is 0 Å². The third-order valence-electron chi connectivity index (χ3n) is 2.35. The van der Waals surface area contributed by atoms with Crippen molar-refractivity contribution in [2.45, 2.75) is 13.3 Å². The number of aromatic nitrogens is 1. The third kappa shape index (κ3) is 1.32. The van der Waals surface area contributed by atoms with Gasteiger partial charge in [-0.05, 0) is 23.4 Å².